The third-order valence-corrected chi connectivity index (χ3v) is 0. The molecular formula is CH3ClKNO3S. The summed E-state index contributed by atoms with van der Waals surface area (Å²) < 4.78 is 24.0. The monoisotopic (exact) mass is 183 g/mol. The van der Waals surface area contributed by atoms with Gasteiger partial charge in [-0.25, -0.2) is 0 Å². The molecular weight excluding hydrogens is 181 g/mol. The molecule has 0 aliphatic rings. The van der Waals surface area contributed by atoms with Crippen molar-refractivity contribution in [3.63, 3.8) is 0 Å². The first-order chi connectivity index (χ1) is 3.15. The van der Waals surface area contributed by atoms with Gasteiger partial charge >= 0.3 is 51.4 Å². The molecule has 0 amide bonds. The van der Waals surface area contributed by atoms with Crippen LogP contribution in [0.4, 0.5) is 0 Å². The van der Waals surface area contributed by atoms with E-state index >= 15 is 0 Å². The predicted octanol–water partition coefficient (Wildman–Crippen LogP) is -5.42. The predicted molar refractivity (Wildman–Crippen MR) is 17.9 cm³/mol. The van der Waals surface area contributed by atoms with Crippen LogP contribution in [0.3, 0.4) is 0 Å². The number of nitrogens with zero attached hydrogens (tertiary/aromatic N) is 1. The number of thiocyanates is 1. The van der Waals surface area contributed by atoms with Gasteiger partial charge in [0.15, 0.2) is 0 Å². The minimum absolute atomic E-state index is 0. The fourth-order valence-electron chi connectivity index (χ4n) is 0. The van der Waals surface area contributed by atoms with Gasteiger partial charge in [-0.15, -0.1) is 0 Å². The molecule has 0 unspecified atom stereocenters. The summed E-state index contributed by atoms with van der Waals surface area (Å²) in [5.74, 6) is 0. The second-order valence-electron chi connectivity index (χ2n) is 0.301. The zero-order valence-electron chi connectivity index (χ0n) is 5.04. The summed E-state index contributed by atoms with van der Waals surface area (Å²) >= 11 is 3.09. The zero-order valence-corrected chi connectivity index (χ0v) is 8.81. The van der Waals surface area contributed by atoms with Crippen LogP contribution in [0.15, 0.2) is 0 Å². The van der Waals surface area contributed by atoms with E-state index in [2.05, 4.69) is 12.6 Å². The molecule has 7 heteroatoms. The Hall–Kier alpha value is 1.65. The van der Waals surface area contributed by atoms with Gasteiger partial charge in [0.2, 0.25) is 0 Å². The van der Waals surface area contributed by atoms with E-state index in [1.54, 1.807) is 0 Å². The van der Waals surface area contributed by atoms with Crippen molar-refractivity contribution in [1.29, 1.82) is 5.26 Å². The quantitative estimate of drug-likeness (QED) is 0.223. The number of nitriles is 1. The third kappa shape index (κ3) is 125. The maximum atomic E-state index is 8.52. The van der Waals surface area contributed by atoms with Crippen LogP contribution in [0.1, 0.15) is 1.43 Å². The smallest absolute Gasteiger partial charge is 1.00 e. The van der Waals surface area contributed by atoms with Crippen molar-refractivity contribution in [2.45, 2.75) is 0 Å². The summed E-state index contributed by atoms with van der Waals surface area (Å²) in [5, 5.41) is 8.63. The van der Waals surface area contributed by atoms with Crippen molar-refractivity contribution >= 4 is 12.6 Å². The molecule has 0 aliphatic carbocycles. The van der Waals surface area contributed by atoms with Crippen LogP contribution in [-0.2, 0) is 0 Å². The summed E-state index contributed by atoms with van der Waals surface area (Å²) in [6.07, 6.45) is 0. The topological polar surface area (TPSA) is 90.1 Å². The summed E-state index contributed by atoms with van der Waals surface area (Å²) in [7, 11) is -2.60. The molecule has 8 heavy (non-hydrogen) atoms. The molecule has 0 heterocycles. The minimum atomic E-state index is -2.60. The molecule has 44 valence electrons. The van der Waals surface area contributed by atoms with E-state index in [9.17, 15) is 0 Å². The average Bonchev–Trinajstić information content (AvgIpc) is 1.33. The molecule has 0 bridgehead atoms. The molecule has 0 aromatic rings. The van der Waals surface area contributed by atoms with Crippen LogP contribution in [0.2, 0.25) is 0 Å². The molecule has 0 saturated carbocycles. The van der Waals surface area contributed by atoms with Crippen molar-refractivity contribution in [2.24, 2.45) is 0 Å². The molecule has 0 fully saturated rings. The van der Waals surface area contributed by atoms with E-state index in [-0.39, 0.29) is 52.8 Å². The van der Waals surface area contributed by atoms with Gasteiger partial charge in [-0.3, -0.25) is 0 Å². The Bertz CT molecular complexity index is 66.6. The van der Waals surface area contributed by atoms with Gasteiger partial charge in [-0.1, -0.05) is 12.6 Å². The number of thiol groups is 1. The number of hydrogen-bond donors (Lipinski definition) is 2. The third-order valence-electron chi connectivity index (χ3n) is 0. The van der Waals surface area contributed by atoms with Crippen molar-refractivity contribution in [2.75, 3.05) is 0 Å². The van der Waals surface area contributed by atoms with Crippen molar-refractivity contribution in [1.82, 2.24) is 0 Å². The molecule has 4 nitrogen and oxygen atoms in total. The molecule has 0 radical (unpaired) electrons. The van der Waals surface area contributed by atoms with Gasteiger partial charge in [0.1, 0.15) is 5.40 Å². The van der Waals surface area contributed by atoms with E-state index in [0.29, 0.717) is 0 Å². The minimum Gasteiger partial charge on any atom is -1.00 e. The Morgan fingerprint density at radius 3 is 1.75 bits per heavy atom. The summed E-state index contributed by atoms with van der Waals surface area (Å²) in [4.78, 5) is 0. The first-order valence-corrected chi connectivity index (χ1v) is 2.33. The summed E-state index contributed by atoms with van der Waals surface area (Å²) in [5.41, 5.74) is 0. The largest absolute Gasteiger partial charge is 1.00 e. The van der Waals surface area contributed by atoms with E-state index in [0.717, 1.165) is 0 Å². The van der Waals surface area contributed by atoms with Gasteiger partial charge in [0, 0.05) is 4.66 Å². The molecule has 0 atom stereocenters. The van der Waals surface area contributed by atoms with Crippen molar-refractivity contribution in [3.05, 3.63) is 0 Å². The van der Waals surface area contributed by atoms with E-state index < -0.39 is 10.8 Å². The number of rotatable bonds is 0. The molecule has 1 N–H and O–H groups in total. The normalized spacial score (nSPS) is 5.50. The summed E-state index contributed by atoms with van der Waals surface area (Å²) in [6.45, 7) is 0. The van der Waals surface area contributed by atoms with Crippen LogP contribution in [0, 0.1) is 21.4 Å². The Morgan fingerprint density at radius 1 is 1.75 bits per heavy atom. The van der Waals surface area contributed by atoms with Crippen LogP contribution in [0.5, 0.6) is 0 Å². The Morgan fingerprint density at radius 2 is 1.75 bits per heavy atom. The van der Waals surface area contributed by atoms with Crippen LogP contribution in [-0.4, -0.2) is 4.66 Å². The molecule has 0 rings (SSSR count). The molecule has 0 saturated heterocycles. The van der Waals surface area contributed by atoms with Crippen molar-refractivity contribution < 1.29 is 77.6 Å². The Labute approximate surface area is 99.2 Å². The summed E-state index contributed by atoms with van der Waals surface area (Å²) in [6, 6.07) is 0. The fourth-order valence-corrected chi connectivity index (χ4v) is 0. The fraction of sp³-hybridized carbons (Fsp3) is 0. The van der Waals surface area contributed by atoms with Crippen molar-refractivity contribution in [3.8, 4) is 5.40 Å². The Kier molecular flexibility index (Phi) is 32.4. The van der Waals surface area contributed by atoms with Gasteiger partial charge in [0.05, 0.1) is 0 Å². The van der Waals surface area contributed by atoms with Gasteiger partial charge in [-0.05, 0) is 0 Å². The Balaban J connectivity index is -0.0000000233. The maximum absolute atomic E-state index is 8.52. The number of halogens is 1. The zero-order chi connectivity index (χ0) is 6.28. The molecule has 0 spiro atoms. The van der Waals surface area contributed by atoms with Crippen LogP contribution < -0.4 is 60.7 Å². The van der Waals surface area contributed by atoms with Crippen LogP contribution in [0.25, 0.3) is 0 Å². The first kappa shape index (κ1) is 16.3. The van der Waals surface area contributed by atoms with Gasteiger partial charge in [0.25, 0.3) is 10.8 Å². The second-order valence-corrected chi connectivity index (χ2v) is 0.903. The molecule has 0 aliphatic heterocycles. The maximum Gasteiger partial charge on any atom is 1.00 e. The standard InChI is InChI=1S/CHNS.ClHO3.K.H/c2-1-3;2-1(3)4;;/h3H;2H;;/q;;+1;-1. The van der Waals surface area contributed by atoms with Gasteiger partial charge in [-0.2, -0.15) is 5.26 Å². The van der Waals surface area contributed by atoms with E-state index in [1.807, 2.05) is 0 Å². The van der Waals surface area contributed by atoms with Gasteiger partial charge < -0.3 is 10.7 Å². The molecule has 0 aromatic carbocycles. The first-order valence-electron chi connectivity index (χ1n) is 0.925. The van der Waals surface area contributed by atoms with E-state index in [4.69, 9.17) is 19.2 Å². The number of hydrogen-bond acceptors (Lipinski definition) is 5. The SMILES string of the molecule is N#CS.[H-].[K+].[O-][Cl+2]([O-])O. The second kappa shape index (κ2) is 15.9. The average molecular weight is 184 g/mol. The van der Waals surface area contributed by atoms with E-state index in [1.165, 1.54) is 5.40 Å². The van der Waals surface area contributed by atoms with Crippen LogP contribution >= 0.6 is 12.6 Å². The molecule has 0 aromatic heterocycles.